The zero-order chi connectivity index (χ0) is 19.8. The fourth-order valence-electron chi connectivity index (χ4n) is 4.11. The van der Waals surface area contributed by atoms with Gasteiger partial charge in [0.1, 0.15) is 0 Å². The molecule has 6 nitrogen and oxygen atoms in total. The van der Waals surface area contributed by atoms with Crippen molar-refractivity contribution in [1.29, 1.82) is 0 Å². The molecule has 7 heteroatoms. The van der Waals surface area contributed by atoms with Gasteiger partial charge >= 0.3 is 0 Å². The van der Waals surface area contributed by atoms with Gasteiger partial charge in [0, 0.05) is 38.8 Å². The minimum atomic E-state index is 0. The molecule has 0 spiro atoms. The van der Waals surface area contributed by atoms with Crippen LogP contribution in [0.2, 0.25) is 0 Å². The van der Waals surface area contributed by atoms with E-state index in [0.717, 1.165) is 43.6 Å². The van der Waals surface area contributed by atoms with Gasteiger partial charge in [-0.2, -0.15) is 0 Å². The molecule has 2 aliphatic heterocycles. The van der Waals surface area contributed by atoms with Gasteiger partial charge in [0.05, 0.1) is 0 Å². The lowest BCUT2D eigenvalue weighted by Gasteiger charge is -2.31. The van der Waals surface area contributed by atoms with Crippen LogP contribution in [-0.4, -0.2) is 56.5 Å². The molecule has 0 atom stereocenters. The van der Waals surface area contributed by atoms with Crippen LogP contribution in [0.5, 0.6) is 0 Å². The Morgan fingerprint density at radius 3 is 2.45 bits per heavy atom. The smallest absolute Gasteiger partial charge is 0.227 e. The van der Waals surface area contributed by atoms with Gasteiger partial charge < -0.3 is 20.4 Å². The Labute approximate surface area is 192 Å². The number of guanidine groups is 1. The largest absolute Gasteiger partial charge is 0.356 e. The molecule has 2 heterocycles. The lowest BCUT2D eigenvalue weighted by Crippen LogP contribution is -2.39. The van der Waals surface area contributed by atoms with Gasteiger partial charge in [-0.15, -0.1) is 24.0 Å². The van der Waals surface area contributed by atoms with E-state index in [1.165, 1.54) is 44.5 Å². The molecular weight excluding hydrogens is 477 g/mol. The van der Waals surface area contributed by atoms with E-state index in [2.05, 4.69) is 39.6 Å². The molecule has 1 aromatic rings. The highest BCUT2D eigenvalue weighted by atomic mass is 127. The second kappa shape index (κ2) is 12.4. The maximum atomic E-state index is 11.8. The topological polar surface area (TPSA) is 60.0 Å². The lowest BCUT2D eigenvalue weighted by atomic mass is 9.93. The summed E-state index contributed by atoms with van der Waals surface area (Å²) in [6.45, 7) is 8.44. The SMILES string of the molecule is CCN1CCC(CCNC(=NC)NCc2ccc(N3CCCC3=O)cc2)CC1.I. The van der Waals surface area contributed by atoms with Gasteiger partial charge in [0.25, 0.3) is 0 Å². The Morgan fingerprint density at radius 2 is 1.86 bits per heavy atom. The average Bonchev–Trinajstić information content (AvgIpc) is 3.17. The molecule has 0 saturated carbocycles. The number of piperidine rings is 1. The first-order valence-electron chi connectivity index (χ1n) is 10.8. The average molecular weight is 513 g/mol. The number of nitrogens with one attached hydrogen (secondary N) is 2. The number of benzene rings is 1. The Bertz CT molecular complexity index is 656. The fourth-order valence-corrected chi connectivity index (χ4v) is 4.11. The summed E-state index contributed by atoms with van der Waals surface area (Å²) in [4.78, 5) is 20.6. The van der Waals surface area contributed by atoms with Crippen molar-refractivity contribution < 1.29 is 4.79 Å². The highest BCUT2D eigenvalue weighted by Gasteiger charge is 2.21. The molecule has 0 radical (unpaired) electrons. The van der Waals surface area contributed by atoms with Gasteiger partial charge in [-0.3, -0.25) is 9.79 Å². The Morgan fingerprint density at radius 1 is 1.14 bits per heavy atom. The van der Waals surface area contributed by atoms with Gasteiger partial charge in [0.15, 0.2) is 5.96 Å². The number of halogens is 1. The number of hydrogen-bond donors (Lipinski definition) is 2. The first-order valence-corrected chi connectivity index (χ1v) is 10.8. The molecule has 0 aromatic heterocycles. The van der Waals surface area contributed by atoms with Crippen LogP contribution in [0.15, 0.2) is 29.3 Å². The van der Waals surface area contributed by atoms with Crippen LogP contribution in [0.25, 0.3) is 0 Å². The number of likely N-dealkylation sites (tertiary alicyclic amines) is 1. The number of hydrogen-bond acceptors (Lipinski definition) is 3. The van der Waals surface area contributed by atoms with E-state index < -0.39 is 0 Å². The summed E-state index contributed by atoms with van der Waals surface area (Å²) in [5.74, 6) is 1.91. The number of amides is 1. The highest BCUT2D eigenvalue weighted by molar-refractivity contribution is 14.0. The maximum absolute atomic E-state index is 11.8. The number of nitrogens with zero attached hydrogens (tertiary/aromatic N) is 3. The van der Waals surface area contributed by atoms with Crippen LogP contribution < -0.4 is 15.5 Å². The molecular formula is C22H36IN5O. The van der Waals surface area contributed by atoms with Gasteiger partial charge in [0.2, 0.25) is 5.91 Å². The minimum Gasteiger partial charge on any atom is -0.356 e. The summed E-state index contributed by atoms with van der Waals surface area (Å²) in [6, 6.07) is 8.25. The van der Waals surface area contributed by atoms with Crippen LogP contribution in [0.3, 0.4) is 0 Å². The summed E-state index contributed by atoms with van der Waals surface area (Å²) < 4.78 is 0. The van der Waals surface area contributed by atoms with E-state index >= 15 is 0 Å². The van der Waals surface area contributed by atoms with Crippen LogP contribution in [0.1, 0.15) is 44.6 Å². The van der Waals surface area contributed by atoms with Crippen LogP contribution in [-0.2, 0) is 11.3 Å². The van der Waals surface area contributed by atoms with Crippen molar-refractivity contribution in [3.05, 3.63) is 29.8 Å². The summed E-state index contributed by atoms with van der Waals surface area (Å²) in [7, 11) is 1.82. The summed E-state index contributed by atoms with van der Waals surface area (Å²) in [5.41, 5.74) is 2.19. The van der Waals surface area contributed by atoms with Crippen LogP contribution in [0, 0.1) is 5.92 Å². The van der Waals surface area contributed by atoms with E-state index in [-0.39, 0.29) is 29.9 Å². The zero-order valence-corrected chi connectivity index (χ0v) is 20.2. The third-order valence-corrected chi connectivity index (χ3v) is 6.00. The zero-order valence-electron chi connectivity index (χ0n) is 17.8. The standard InChI is InChI=1S/C22H35N5O.HI/c1-3-26-15-11-18(12-16-26)10-13-24-22(23-2)25-17-19-6-8-20(9-7-19)27-14-4-5-21(27)28;/h6-9,18H,3-5,10-17H2,1-2H3,(H2,23,24,25);1H. The molecule has 0 bridgehead atoms. The molecule has 162 valence electrons. The molecule has 29 heavy (non-hydrogen) atoms. The number of aliphatic imine (C=N–C) groups is 1. The van der Waals surface area contributed by atoms with Crippen molar-refractivity contribution in [2.45, 2.75) is 45.6 Å². The normalized spacial score (nSPS) is 18.6. The van der Waals surface area contributed by atoms with Crippen molar-refractivity contribution >= 4 is 41.5 Å². The van der Waals surface area contributed by atoms with Gasteiger partial charge in [-0.05, 0) is 68.9 Å². The van der Waals surface area contributed by atoms with Crippen molar-refractivity contribution in [1.82, 2.24) is 15.5 Å². The molecule has 2 fully saturated rings. The third kappa shape index (κ3) is 7.13. The summed E-state index contributed by atoms with van der Waals surface area (Å²) in [6.07, 6.45) is 5.46. The summed E-state index contributed by atoms with van der Waals surface area (Å²) in [5, 5.41) is 6.83. The molecule has 0 unspecified atom stereocenters. The van der Waals surface area contributed by atoms with Gasteiger partial charge in [-0.25, -0.2) is 0 Å². The Balaban J connectivity index is 0.00000300. The van der Waals surface area contributed by atoms with Crippen LogP contribution >= 0.6 is 24.0 Å². The number of rotatable bonds is 7. The third-order valence-electron chi connectivity index (χ3n) is 6.00. The van der Waals surface area contributed by atoms with Crippen molar-refractivity contribution in [3.8, 4) is 0 Å². The van der Waals surface area contributed by atoms with Crippen molar-refractivity contribution in [2.75, 3.05) is 44.7 Å². The Kier molecular flexibility index (Phi) is 10.2. The minimum absolute atomic E-state index is 0. The molecule has 2 aliphatic rings. The second-order valence-corrected chi connectivity index (χ2v) is 7.83. The summed E-state index contributed by atoms with van der Waals surface area (Å²) >= 11 is 0. The maximum Gasteiger partial charge on any atom is 0.227 e. The molecule has 1 amide bonds. The lowest BCUT2D eigenvalue weighted by molar-refractivity contribution is -0.117. The monoisotopic (exact) mass is 513 g/mol. The molecule has 2 N–H and O–H groups in total. The van der Waals surface area contributed by atoms with E-state index in [1.54, 1.807) is 0 Å². The molecule has 0 aliphatic carbocycles. The van der Waals surface area contributed by atoms with E-state index in [0.29, 0.717) is 6.42 Å². The quantitative estimate of drug-likeness (QED) is 0.334. The first kappa shape index (κ1) is 23.9. The predicted octanol–water partition coefficient (Wildman–Crippen LogP) is 3.22. The predicted molar refractivity (Wildman–Crippen MR) is 131 cm³/mol. The van der Waals surface area contributed by atoms with Crippen molar-refractivity contribution in [3.63, 3.8) is 0 Å². The van der Waals surface area contributed by atoms with E-state index in [9.17, 15) is 4.79 Å². The molecule has 3 rings (SSSR count). The van der Waals surface area contributed by atoms with Gasteiger partial charge in [-0.1, -0.05) is 19.1 Å². The van der Waals surface area contributed by atoms with E-state index in [4.69, 9.17) is 0 Å². The van der Waals surface area contributed by atoms with Crippen molar-refractivity contribution in [2.24, 2.45) is 10.9 Å². The van der Waals surface area contributed by atoms with E-state index in [1.807, 2.05) is 24.1 Å². The number of carbonyl (C=O) groups excluding carboxylic acids is 1. The molecule has 2 saturated heterocycles. The second-order valence-electron chi connectivity index (χ2n) is 7.83. The van der Waals surface area contributed by atoms with Crippen LogP contribution in [0.4, 0.5) is 5.69 Å². The Hall–Kier alpha value is -1.35. The fraction of sp³-hybridized carbons (Fsp3) is 0.636. The highest BCUT2D eigenvalue weighted by Crippen LogP contribution is 2.21. The first-order chi connectivity index (χ1) is 13.7. The number of anilines is 1. The number of carbonyl (C=O) groups is 1. The molecule has 1 aromatic carbocycles.